The first-order valence-corrected chi connectivity index (χ1v) is 41.5. The molecule has 25 heteroatoms. The van der Waals surface area contributed by atoms with Crippen molar-refractivity contribution in [2.24, 2.45) is 0 Å². The van der Waals surface area contributed by atoms with Crippen LogP contribution in [0.25, 0.3) is 0 Å². The van der Waals surface area contributed by atoms with Crippen LogP contribution in [0.5, 0.6) is 0 Å². The van der Waals surface area contributed by atoms with Crippen molar-refractivity contribution in [3.8, 4) is 0 Å². The van der Waals surface area contributed by atoms with E-state index in [2.05, 4.69) is 32.9 Å². The predicted molar refractivity (Wildman–Crippen MR) is 384 cm³/mol. The predicted octanol–water partition coefficient (Wildman–Crippen LogP) is 11.9. The van der Waals surface area contributed by atoms with Gasteiger partial charge in [-0.2, -0.15) is 0 Å². The number of ether oxygens (including phenoxy) is 7. The van der Waals surface area contributed by atoms with Gasteiger partial charge in [0, 0.05) is 19.3 Å². The summed E-state index contributed by atoms with van der Waals surface area (Å²) in [6.07, 6.45) is 18.2. The third kappa shape index (κ3) is 40.5. The lowest BCUT2D eigenvalue weighted by Gasteiger charge is -2.49. The lowest BCUT2D eigenvalue weighted by Crippen LogP contribution is -2.69. The highest BCUT2D eigenvalue weighted by atomic mass is 31.2. The molecule has 2 saturated heterocycles. The molecular weight excluding hydrogens is 1330 g/mol. The molecule has 0 aromatic heterocycles. The van der Waals surface area contributed by atoms with Gasteiger partial charge in [0.1, 0.15) is 98.7 Å². The molecule has 24 nitrogen and oxygen atoms in total. The number of aliphatic hydroxyl groups excluding tert-OH is 10. The Balaban J connectivity index is 1.70. The van der Waals surface area contributed by atoms with Gasteiger partial charge in [0.25, 0.3) is 0 Å². The van der Waals surface area contributed by atoms with Crippen LogP contribution in [-0.4, -0.2) is 204 Å². The standard InChI is InChI=1S/C76H141O24P/c1-4-7-10-13-16-19-22-25-28-29-31-34-35-38-41-44-47-50-60(78)92-54-57(95-62(80)52-49-46-43-40-37-32-27-24-21-18-15-12-9-6-3)55-94-101(90,91)100-74-72(98-75-70(88)65(83)63(81)58(53-77)96-75)68(86)67(85)69(87)73(74)99-76-71(89)66(84)64(82)59(97-76)56-93-61(79)51-48-45-42-39-36-33-30-26-23-20-17-14-11-8-5-2/h20,23,57-59,63-77,81-89H,4-19,21-22,24-56H2,1-3H3,(H,90,91)/b23-20-. The van der Waals surface area contributed by atoms with Crippen LogP contribution in [0.2, 0.25) is 0 Å². The lowest BCUT2D eigenvalue weighted by atomic mass is 9.84. The van der Waals surface area contributed by atoms with Crippen LogP contribution in [0.4, 0.5) is 0 Å². The fourth-order valence-electron chi connectivity index (χ4n) is 13.3. The summed E-state index contributed by atoms with van der Waals surface area (Å²) in [5, 5.41) is 110. The molecule has 3 fully saturated rings. The SMILES string of the molecule is CCCCCC/C=C\CCCCCCCCCC(=O)OCC1OC(OC2C(O)C(O)C(O)C(OC3OC(CO)C(O)C(O)C3O)C2OP(=O)(O)OCC(COC(=O)CCCCCCCCCCCCCCCCCCC)OC(=O)CCCCCCCCCCCCCCCC)C(O)C(O)C1O. The summed E-state index contributed by atoms with van der Waals surface area (Å²) in [5.74, 6) is -1.98. The smallest absolute Gasteiger partial charge is 0.463 e. The molecule has 0 radical (unpaired) electrons. The van der Waals surface area contributed by atoms with Gasteiger partial charge < -0.3 is 89.1 Å². The summed E-state index contributed by atoms with van der Waals surface area (Å²) in [7, 11) is -5.70. The Hall–Kier alpha value is -2.30. The van der Waals surface area contributed by atoms with E-state index in [1.165, 1.54) is 154 Å². The molecule has 2 aliphatic heterocycles. The topological polar surface area (TPSA) is 374 Å². The van der Waals surface area contributed by atoms with Crippen molar-refractivity contribution in [1.82, 2.24) is 0 Å². The Labute approximate surface area is 605 Å². The summed E-state index contributed by atoms with van der Waals surface area (Å²) < 4.78 is 65.2. The third-order valence-electron chi connectivity index (χ3n) is 19.8. The van der Waals surface area contributed by atoms with Gasteiger partial charge in [-0.05, 0) is 44.9 Å². The quantitative estimate of drug-likeness (QED) is 0.00886. The molecule has 11 N–H and O–H groups in total. The first kappa shape index (κ1) is 92.9. The van der Waals surface area contributed by atoms with Gasteiger partial charge in [-0.15, -0.1) is 0 Å². The highest BCUT2D eigenvalue weighted by Crippen LogP contribution is 2.49. The second-order valence-corrected chi connectivity index (χ2v) is 30.2. The zero-order chi connectivity index (χ0) is 73.9. The largest absolute Gasteiger partial charge is 0.472 e. The number of allylic oxidation sites excluding steroid dienone is 2. The zero-order valence-electron chi connectivity index (χ0n) is 62.2. The maximum absolute atomic E-state index is 14.4. The number of rotatable bonds is 63. The number of unbranched alkanes of at least 4 members (excludes halogenated alkanes) is 40. The highest BCUT2D eigenvalue weighted by molar-refractivity contribution is 7.47. The van der Waals surface area contributed by atoms with Gasteiger partial charge in [0.2, 0.25) is 0 Å². The van der Waals surface area contributed by atoms with Gasteiger partial charge in [0.15, 0.2) is 18.7 Å². The van der Waals surface area contributed by atoms with Crippen LogP contribution >= 0.6 is 7.82 Å². The van der Waals surface area contributed by atoms with E-state index in [0.717, 1.165) is 109 Å². The summed E-state index contributed by atoms with van der Waals surface area (Å²) in [4.78, 5) is 51.1. The molecule has 18 atom stereocenters. The van der Waals surface area contributed by atoms with Crippen LogP contribution in [0.15, 0.2) is 12.2 Å². The molecule has 0 bridgehead atoms. The number of hydrogen-bond acceptors (Lipinski definition) is 23. The van der Waals surface area contributed by atoms with Crippen molar-refractivity contribution in [3.05, 3.63) is 12.2 Å². The Bertz CT molecular complexity index is 2130. The third-order valence-corrected chi connectivity index (χ3v) is 20.8. The van der Waals surface area contributed by atoms with Gasteiger partial charge >= 0.3 is 25.7 Å². The zero-order valence-corrected chi connectivity index (χ0v) is 63.1. The molecule has 101 heavy (non-hydrogen) atoms. The number of hydrogen-bond donors (Lipinski definition) is 11. The molecule has 1 aliphatic carbocycles. The van der Waals surface area contributed by atoms with E-state index >= 15 is 0 Å². The highest BCUT2D eigenvalue weighted by Gasteiger charge is 2.58. The Morgan fingerprint density at radius 2 is 0.693 bits per heavy atom. The van der Waals surface area contributed by atoms with Crippen molar-refractivity contribution in [2.75, 3.05) is 26.4 Å². The average molecular weight is 1470 g/mol. The Kier molecular flexibility index (Phi) is 53.2. The van der Waals surface area contributed by atoms with E-state index in [1.54, 1.807) is 0 Å². The minimum atomic E-state index is -5.70. The summed E-state index contributed by atoms with van der Waals surface area (Å²) in [6.45, 7) is 3.48. The van der Waals surface area contributed by atoms with E-state index in [4.69, 9.17) is 42.2 Å². The van der Waals surface area contributed by atoms with Gasteiger partial charge in [-0.3, -0.25) is 23.4 Å². The maximum Gasteiger partial charge on any atom is 0.472 e. The molecular formula is C76H141O24P. The molecule has 3 rings (SSSR count). The first-order chi connectivity index (χ1) is 48.8. The second-order valence-electron chi connectivity index (χ2n) is 28.8. The van der Waals surface area contributed by atoms with E-state index in [9.17, 15) is 74.9 Å². The van der Waals surface area contributed by atoms with Crippen LogP contribution in [0.3, 0.4) is 0 Å². The molecule has 0 aromatic rings. The minimum absolute atomic E-state index is 0.0249. The van der Waals surface area contributed by atoms with E-state index in [-0.39, 0.29) is 19.3 Å². The lowest BCUT2D eigenvalue weighted by molar-refractivity contribution is -0.360. The number of aliphatic hydroxyl groups is 10. The van der Waals surface area contributed by atoms with Crippen molar-refractivity contribution in [1.29, 1.82) is 0 Å². The van der Waals surface area contributed by atoms with Crippen molar-refractivity contribution < 1.29 is 117 Å². The fourth-order valence-corrected chi connectivity index (χ4v) is 14.2. The second kappa shape index (κ2) is 57.8. The number of phosphoric ester groups is 1. The molecule has 18 unspecified atom stereocenters. The molecule has 3 aliphatic rings. The number of esters is 3. The Morgan fingerprint density at radius 1 is 0.376 bits per heavy atom. The molecule has 1 saturated carbocycles. The molecule has 0 spiro atoms. The molecule has 0 amide bonds. The normalized spacial score (nSPS) is 27.2. The van der Waals surface area contributed by atoms with Crippen molar-refractivity contribution in [2.45, 2.75) is 427 Å². The van der Waals surface area contributed by atoms with Crippen LogP contribution in [0, 0.1) is 0 Å². The van der Waals surface area contributed by atoms with E-state index in [0.29, 0.717) is 19.3 Å². The number of phosphoric acid groups is 1. The summed E-state index contributed by atoms with van der Waals surface area (Å²) >= 11 is 0. The van der Waals surface area contributed by atoms with Crippen LogP contribution in [-0.2, 0) is 61.2 Å². The fraction of sp³-hybridized carbons (Fsp3) is 0.934. The first-order valence-electron chi connectivity index (χ1n) is 40.0. The van der Waals surface area contributed by atoms with Gasteiger partial charge in [0.05, 0.1) is 13.2 Å². The maximum atomic E-state index is 14.4. The average Bonchev–Trinajstić information content (AvgIpc) is 0.760. The van der Waals surface area contributed by atoms with Gasteiger partial charge in [-0.25, -0.2) is 4.57 Å². The number of carbonyl (C=O) groups excluding carboxylic acids is 3. The van der Waals surface area contributed by atoms with E-state index < -0.39 is 156 Å². The number of carbonyl (C=O) groups is 3. The van der Waals surface area contributed by atoms with Crippen LogP contribution < -0.4 is 0 Å². The van der Waals surface area contributed by atoms with Crippen molar-refractivity contribution in [3.63, 3.8) is 0 Å². The summed E-state index contributed by atoms with van der Waals surface area (Å²) in [6, 6.07) is 0. The van der Waals surface area contributed by atoms with Gasteiger partial charge in [-0.1, -0.05) is 270 Å². The summed E-state index contributed by atoms with van der Waals surface area (Å²) in [5.41, 5.74) is 0. The van der Waals surface area contributed by atoms with E-state index in [1.807, 2.05) is 0 Å². The molecule has 0 aromatic carbocycles. The Morgan fingerprint density at radius 3 is 1.08 bits per heavy atom. The van der Waals surface area contributed by atoms with Crippen molar-refractivity contribution >= 4 is 25.7 Å². The van der Waals surface area contributed by atoms with Crippen LogP contribution in [0.1, 0.15) is 323 Å². The minimum Gasteiger partial charge on any atom is -0.463 e. The monoisotopic (exact) mass is 1470 g/mol. The molecule has 2 heterocycles. The molecule has 594 valence electrons.